The van der Waals surface area contributed by atoms with Crippen LogP contribution in [0.2, 0.25) is 0 Å². The molecule has 0 saturated heterocycles. The highest BCUT2D eigenvalue weighted by atomic mass is 16.5. The molecule has 0 fully saturated rings. The van der Waals surface area contributed by atoms with Crippen molar-refractivity contribution in [3.05, 3.63) is 64.7 Å². The Labute approximate surface area is 120 Å². The van der Waals surface area contributed by atoms with Crippen molar-refractivity contribution in [2.24, 2.45) is 0 Å². The summed E-state index contributed by atoms with van der Waals surface area (Å²) in [6.07, 6.45) is 1.03. The van der Waals surface area contributed by atoms with Crippen LogP contribution in [0.3, 0.4) is 0 Å². The summed E-state index contributed by atoms with van der Waals surface area (Å²) in [7, 11) is 0. The van der Waals surface area contributed by atoms with Gasteiger partial charge in [0.2, 0.25) is 0 Å². The third-order valence-electron chi connectivity index (χ3n) is 3.90. The van der Waals surface area contributed by atoms with E-state index in [0.717, 1.165) is 25.3 Å². The summed E-state index contributed by atoms with van der Waals surface area (Å²) in [5.41, 5.74) is 5.25. The normalized spacial score (nSPS) is 17.4. The standard InChI is InChI=1S/C18H21NO/c1-13-10-14(2)18-16(8-9-20-17(18)11-13)19-12-15-6-4-3-5-7-15/h3-7,10-11,16,19H,8-9,12H2,1-2H3. The SMILES string of the molecule is Cc1cc(C)c2c(c1)OCCC2NCc1ccccc1. The summed E-state index contributed by atoms with van der Waals surface area (Å²) in [6.45, 7) is 6.00. The highest BCUT2D eigenvalue weighted by Gasteiger charge is 2.23. The Morgan fingerprint density at radius 2 is 1.95 bits per heavy atom. The molecule has 2 heteroatoms. The summed E-state index contributed by atoms with van der Waals surface area (Å²) in [5, 5.41) is 3.67. The average molecular weight is 267 g/mol. The van der Waals surface area contributed by atoms with Crippen molar-refractivity contribution in [3.63, 3.8) is 0 Å². The fraction of sp³-hybridized carbons (Fsp3) is 0.333. The van der Waals surface area contributed by atoms with Gasteiger partial charge in [-0.25, -0.2) is 0 Å². The summed E-state index contributed by atoms with van der Waals surface area (Å²) in [4.78, 5) is 0. The molecule has 0 spiro atoms. The van der Waals surface area contributed by atoms with E-state index in [1.807, 2.05) is 0 Å². The van der Waals surface area contributed by atoms with Crippen LogP contribution in [0.5, 0.6) is 5.75 Å². The van der Waals surface area contributed by atoms with Gasteiger partial charge < -0.3 is 10.1 Å². The fourth-order valence-corrected chi connectivity index (χ4v) is 2.98. The molecule has 0 radical (unpaired) electrons. The van der Waals surface area contributed by atoms with E-state index in [-0.39, 0.29) is 0 Å². The molecule has 0 aliphatic carbocycles. The van der Waals surface area contributed by atoms with E-state index in [9.17, 15) is 0 Å². The molecular formula is C18H21NO. The molecular weight excluding hydrogens is 246 g/mol. The molecule has 1 atom stereocenters. The van der Waals surface area contributed by atoms with E-state index in [4.69, 9.17) is 4.74 Å². The Bertz CT molecular complexity index is 592. The van der Waals surface area contributed by atoms with Gasteiger partial charge in [0.15, 0.2) is 0 Å². The van der Waals surface area contributed by atoms with Crippen molar-refractivity contribution in [2.75, 3.05) is 6.61 Å². The van der Waals surface area contributed by atoms with Crippen molar-refractivity contribution in [1.82, 2.24) is 5.32 Å². The van der Waals surface area contributed by atoms with Crippen molar-refractivity contribution >= 4 is 0 Å². The molecule has 1 aliphatic rings. The summed E-state index contributed by atoms with van der Waals surface area (Å²) < 4.78 is 5.83. The predicted octanol–water partition coefficient (Wildman–Crippen LogP) is 3.92. The first-order valence-corrected chi connectivity index (χ1v) is 7.25. The van der Waals surface area contributed by atoms with Gasteiger partial charge in [-0.15, -0.1) is 0 Å². The summed E-state index contributed by atoms with van der Waals surface area (Å²) >= 11 is 0. The van der Waals surface area contributed by atoms with E-state index in [2.05, 4.69) is 61.6 Å². The second kappa shape index (κ2) is 5.68. The Morgan fingerprint density at radius 1 is 1.15 bits per heavy atom. The van der Waals surface area contributed by atoms with Gasteiger partial charge in [-0.3, -0.25) is 0 Å². The minimum absolute atomic E-state index is 0.388. The molecule has 3 rings (SSSR count). The lowest BCUT2D eigenvalue weighted by molar-refractivity contribution is 0.251. The van der Waals surface area contributed by atoms with Gasteiger partial charge in [-0.05, 0) is 36.6 Å². The highest BCUT2D eigenvalue weighted by molar-refractivity contribution is 5.46. The van der Waals surface area contributed by atoms with E-state index < -0.39 is 0 Å². The van der Waals surface area contributed by atoms with Crippen LogP contribution in [0.4, 0.5) is 0 Å². The van der Waals surface area contributed by atoms with Crippen LogP contribution in [0, 0.1) is 13.8 Å². The van der Waals surface area contributed by atoms with E-state index in [1.165, 1.54) is 22.3 Å². The maximum Gasteiger partial charge on any atom is 0.124 e. The highest BCUT2D eigenvalue weighted by Crippen LogP contribution is 2.35. The first-order chi connectivity index (χ1) is 9.74. The molecule has 2 nitrogen and oxygen atoms in total. The van der Waals surface area contributed by atoms with Gasteiger partial charge in [-0.2, -0.15) is 0 Å². The number of ether oxygens (including phenoxy) is 1. The number of fused-ring (bicyclic) bond motifs is 1. The van der Waals surface area contributed by atoms with Crippen LogP contribution in [0.25, 0.3) is 0 Å². The van der Waals surface area contributed by atoms with Gasteiger partial charge >= 0.3 is 0 Å². The third kappa shape index (κ3) is 2.70. The van der Waals surface area contributed by atoms with E-state index in [0.29, 0.717) is 6.04 Å². The van der Waals surface area contributed by atoms with Gasteiger partial charge in [0, 0.05) is 24.6 Å². The zero-order valence-electron chi connectivity index (χ0n) is 12.1. The molecule has 2 aromatic carbocycles. The summed E-state index contributed by atoms with van der Waals surface area (Å²) in [5.74, 6) is 1.05. The molecule has 0 amide bonds. The van der Waals surface area contributed by atoms with Crippen molar-refractivity contribution in [3.8, 4) is 5.75 Å². The Morgan fingerprint density at radius 3 is 2.75 bits per heavy atom. The zero-order chi connectivity index (χ0) is 13.9. The number of rotatable bonds is 3. The lowest BCUT2D eigenvalue weighted by Crippen LogP contribution is -2.27. The van der Waals surface area contributed by atoms with Crippen LogP contribution in [0.15, 0.2) is 42.5 Å². The minimum atomic E-state index is 0.388. The van der Waals surface area contributed by atoms with Crippen LogP contribution in [-0.4, -0.2) is 6.61 Å². The molecule has 1 aliphatic heterocycles. The predicted molar refractivity (Wildman–Crippen MR) is 82.1 cm³/mol. The smallest absolute Gasteiger partial charge is 0.124 e. The molecule has 1 unspecified atom stereocenters. The molecule has 1 heterocycles. The monoisotopic (exact) mass is 267 g/mol. The van der Waals surface area contributed by atoms with Gasteiger partial charge in [0.25, 0.3) is 0 Å². The molecule has 0 saturated carbocycles. The maximum absolute atomic E-state index is 5.83. The molecule has 20 heavy (non-hydrogen) atoms. The lowest BCUT2D eigenvalue weighted by Gasteiger charge is -2.29. The first-order valence-electron chi connectivity index (χ1n) is 7.25. The molecule has 2 aromatic rings. The second-order valence-corrected chi connectivity index (χ2v) is 5.55. The number of aryl methyl sites for hydroxylation is 2. The topological polar surface area (TPSA) is 21.3 Å². The van der Waals surface area contributed by atoms with Gasteiger partial charge in [0.05, 0.1) is 6.61 Å². The average Bonchev–Trinajstić information content (AvgIpc) is 2.45. The summed E-state index contributed by atoms with van der Waals surface area (Å²) in [6, 6.07) is 15.3. The molecule has 104 valence electrons. The molecule has 1 N–H and O–H groups in total. The first kappa shape index (κ1) is 13.2. The number of hydrogen-bond acceptors (Lipinski definition) is 2. The fourth-order valence-electron chi connectivity index (χ4n) is 2.98. The van der Waals surface area contributed by atoms with Gasteiger partial charge in [-0.1, -0.05) is 36.4 Å². The number of benzene rings is 2. The largest absolute Gasteiger partial charge is 0.493 e. The zero-order valence-corrected chi connectivity index (χ0v) is 12.1. The number of nitrogens with one attached hydrogen (secondary N) is 1. The minimum Gasteiger partial charge on any atom is -0.493 e. The van der Waals surface area contributed by atoms with Crippen molar-refractivity contribution in [2.45, 2.75) is 32.9 Å². The van der Waals surface area contributed by atoms with Crippen LogP contribution in [0.1, 0.15) is 34.7 Å². The Hall–Kier alpha value is -1.80. The van der Waals surface area contributed by atoms with Crippen LogP contribution >= 0.6 is 0 Å². The molecule has 0 bridgehead atoms. The van der Waals surface area contributed by atoms with Crippen molar-refractivity contribution in [1.29, 1.82) is 0 Å². The Balaban J connectivity index is 1.80. The van der Waals surface area contributed by atoms with Crippen molar-refractivity contribution < 1.29 is 4.74 Å². The van der Waals surface area contributed by atoms with Crippen LogP contribution < -0.4 is 10.1 Å². The van der Waals surface area contributed by atoms with Crippen LogP contribution in [-0.2, 0) is 6.54 Å². The van der Waals surface area contributed by atoms with E-state index in [1.54, 1.807) is 0 Å². The Kier molecular flexibility index (Phi) is 3.75. The van der Waals surface area contributed by atoms with Gasteiger partial charge in [0.1, 0.15) is 5.75 Å². The second-order valence-electron chi connectivity index (χ2n) is 5.55. The van der Waals surface area contributed by atoms with E-state index >= 15 is 0 Å². The maximum atomic E-state index is 5.83. The lowest BCUT2D eigenvalue weighted by atomic mass is 9.94. The molecule has 0 aromatic heterocycles. The third-order valence-corrected chi connectivity index (χ3v) is 3.90. The quantitative estimate of drug-likeness (QED) is 0.910. The number of hydrogen-bond donors (Lipinski definition) is 1.